The predicted molar refractivity (Wildman–Crippen MR) is 203 cm³/mol. The minimum atomic E-state index is -1.24. The highest BCUT2D eigenvalue weighted by Crippen LogP contribution is 2.84. The molecule has 1 aromatic heterocycles. The van der Waals surface area contributed by atoms with Crippen LogP contribution in [0.4, 0.5) is 5.69 Å². The molecule has 3 N–H and O–H groups in total. The van der Waals surface area contributed by atoms with Crippen molar-refractivity contribution in [3.8, 4) is 28.4 Å². The molecule has 6 unspecified atom stereocenters. The number of aromatic nitrogens is 2. The lowest BCUT2D eigenvalue weighted by Crippen LogP contribution is -2.84. The predicted octanol–water partition coefficient (Wildman–Crippen LogP) is 5.67. The van der Waals surface area contributed by atoms with Gasteiger partial charge in [0.15, 0.2) is 5.69 Å². The van der Waals surface area contributed by atoms with Crippen molar-refractivity contribution in [3.05, 3.63) is 53.7 Å². The fourth-order valence-electron chi connectivity index (χ4n) is 10.7. The number of carbonyl (C=O) groups excluding carboxylic acids is 1. The number of carbonyl (C=O) groups is 2. The van der Waals surface area contributed by atoms with Crippen LogP contribution in [0.1, 0.15) is 74.3 Å². The lowest BCUT2D eigenvalue weighted by atomic mass is 9.31. The zero-order valence-electron chi connectivity index (χ0n) is 31.9. The van der Waals surface area contributed by atoms with Crippen LogP contribution in [-0.2, 0) is 4.79 Å². The van der Waals surface area contributed by atoms with Crippen LogP contribution in [0.25, 0.3) is 16.9 Å². The van der Waals surface area contributed by atoms with Gasteiger partial charge in [-0.25, -0.2) is 9.48 Å². The van der Waals surface area contributed by atoms with Crippen molar-refractivity contribution in [2.45, 2.75) is 63.8 Å². The molecular formula is C41H56N6O5. The third-order valence-electron chi connectivity index (χ3n) is 13.1. The van der Waals surface area contributed by atoms with Crippen LogP contribution in [0.5, 0.6) is 11.5 Å². The van der Waals surface area contributed by atoms with E-state index in [1.807, 2.05) is 25.2 Å². The molecule has 2 bridgehead atoms. The first kappa shape index (κ1) is 36.3. The van der Waals surface area contributed by atoms with Crippen molar-refractivity contribution >= 4 is 17.6 Å². The van der Waals surface area contributed by atoms with Crippen molar-refractivity contribution in [2.75, 3.05) is 66.4 Å². The zero-order chi connectivity index (χ0) is 36.9. The number of amides is 1. The first-order valence-corrected chi connectivity index (χ1v) is 19.1. The van der Waals surface area contributed by atoms with E-state index in [1.54, 1.807) is 25.0 Å². The number of rotatable bonds is 17. The van der Waals surface area contributed by atoms with Gasteiger partial charge in [-0.3, -0.25) is 4.79 Å². The molecular weight excluding hydrogens is 656 g/mol. The zero-order valence-corrected chi connectivity index (χ0v) is 31.9. The number of hydrogen-bond donors (Lipinski definition) is 3. The van der Waals surface area contributed by atoms with Crippen molar-refractivity contribution in [2.24, 2.45) is 29.1 Å². The monoisotopic (exact) mass is 712 g/mol. The Bertz CT molecular complexity index is 1800. The summed E-state index contributed by atoms with van der Waals surface area (Å²) in [5, 5.41) is 22.0. The van der Waals surface area contributed by atoms with E-state index in [0.717, 1.165) is 75.2 Å². The number of aliphatic carboxylic acids is 1. The number of nitrogens with one attached hydrogen (secondary N) is 2. The fourth-order valence-corrected chi connectivity index (χ4v) is 10.7. The number of benzene rings is 2. The normalized spacial score (nSPS) is 26.6. The van der Waals surface area contributed by atoms with Crippen LogP contribution in [0.2, 0.25) is 0 Å². The number of methoxy groups -OCH3 is 2. The van der Waals surface area contributed by atoms with E-state index in [-0.39, 0.29) is 28.9 Å². The number of nitrogens with zero attached hydrogens (tertiary/aromatic N) is 4. The molecule has 2 aromatic carbocycles. The number of hydrogen-bond acceptors (Lipinski definition) is 8. The summed E-state index contributed by atoms with van der Waals surface area (Å²) in [6, 6.07) is 13.7. The number of anilines is 1. The van der Waals surface area contributed by atoms with Gasteiger partial charge in [0, 0.05) is 19.3 Å². The van der Waals surface area contributed by atoms with Gasteiger partial charge in [0.1, 0.15) is 17.0 Å². The molecule has 11 heteroatoms. The van der Waals surface area contributed by atoms with Crippen LogP contribution in [0, 0.1) is 29.1 Å². The Hall–Kier alpha value is -4.09. The molecule has 3 aromatic rings. The van der Waals surface area contributed by atoms with Gasteiger partial charge in [-0.15, -0.1) is 0 Å². The molecule has 280 valence electrons. The molecule has 6 atom stereocenters. The molecule has 0 saturated heterocycles. The molecule has 4 saturated carbocycles. The second-order valence-electron chi connectivity index (χ2n) is 16.1. The van der Waals surface area contributed by atoms with Gasteiger partial charge in [0.25, 0.3) is 5.91 Å². The summed E-state index contributed by atoms with van der Waals surface area (Å²) < 4.78 is 13.5. The fraction of sp³-hybridized carbons (Fsp3) is 0.585. The largest absolute Gasteiger partial charge is 0.496 e. The summed E-state index contributed by atoms with van der Waals surface area (Å²) in [5.41, 5.74) is 3.34. The van der Waals surface area contributed by atoms with Gasteiger partial charge in [-0.2, -0.15) is 5.10 Å². The molecule has 7 rings (SSSR count). The van der Waals surface area contributed by atoms with E-state index in [4.69, 9.17) is 14.6 Å². The SMILES string of the molecule is CNCCCN(C)CCCN(C)c1ccc(-n2nc(C(=O)NC3(C(=O)O)C4CC5CC6CC3C64C5)cc2-c2c(OC)cccc2OC)c(C(C)C)c1. The van der Waals surface area contributed by atoms with Crippen molar-refractivity contribution in [1.82, 2.24) is 25.3 Å². The maximum atomic E-state index is 14.3. The van der Waals surface area contributed by atoms with E-state index in [1.165, 1.54) is 6.42 Å². The van der Waals surface area contributed by atoms with Gasteiger partial charge < -0.3 is 35.0 Å². The van der Waals surface area contributed by atoms with Gasteiger partial charge in [-0.1, -0.05) is 19.9 Å². The Morgan fingerprint density at radius 3 is 2.37 bits per heavy atom. The van der Waals surface area contributed by atoms with E-state index in [9.17, 15) is 14.7 Å². The smallest absolute Gasteiger partial charge is 0.330 e. The molecule has 4 aliphatic rings. The van der Waals surface area contributed by atoms with Crippen LogP contribution in [-0.4, -0.2) is 98.7 Å². The van der Waals surface area contributed by atoms with Crippen LogP contribution < -0.4 is 25.0 Å². The molecule has 1 heterocycles. The summed E-state index contributed by atoms with van der Waals surface area (Å²) in [4.78, 5) is 32.1. The van der Waals surface area contributed by atoms with E-state index in [0.29, 0.717) is 34.6 Å². The van der Waals surface area contributed by atoms with Crippen LogP contribution >= 0.6 is 0 Å². The summed E-state index contributed by atoms with van der Waals surface area (Å²) in [5.74, 6) is 1.07. The van der Waals surface area contributed by atoms with Crippen LogP contribution in [0.3, 0.4) is 0 Å². The Balaban J connectivity index is 1.22. The lowest BCUT2D eigenvalue weighted by molar-refractivity contribution is -0.252. The second kappa shape index (κ2) is 14.0. The molecule has 4 fully saturated rings. The second-order valence-corrected chi connectivity index (χ2v) is 16.1. The highest BCUT2D eigenvalue weighted by molar-refractivity contribution is 5.99. The van der Waals surface area contributed by atoms with E-state index >= 15 is 0 Å². The Morgan fingerprint density at radius 1 is 1.00 bits per heavy atom. The quantitative estimate of drug-likeness (QED) is 0.152. The Kier molecular flexibility index (Phi) is 9.80. The van der Waals surface area contributed by atoms with Crippen LogP contribution in [0.15, 0.2) is 42.5 Å². The third-order valence-corrected chi connectivity index (χ3v) is 13.1. The molecule has 0 aliphatic heterocycles. The third kappa shape index (κ3) is 5.66. The minimum absolute atomic E-state index is 0.0179. The van der Waals surface area contributed by atoms with E-state index in [2.05, 4.69) is 66.6 Å². The summed E-state index contributed by atoms with van der Waals surface area (Å²) in [7, 11) is 9.52. The van der Waals surface area contributed by atoms with Crippen molar-refractivity contribution in [3.63, 3.8) is 0 Å². The summed E-state index contributed by atoms with van der Waals surface area (Å²) in [6.07, 6.45) is 6.26. The molecule has 11 nitrogen and oxygen atoms in total. The van der Waals surface area contributed by atoms with Gasteiger partial charge >= 0.3 is 5.97 Å². The molecule has 0 radical (unpaired) electrons. The number of carboxylic acid groups (broad SMARTS) is 1. The first-order valence-electron chi connectivity index (χ1n) is 19.1. The summed E-state index contributed by atoms with van der Waals surface area (Å²) >= 11 is 0. The van der Waals surface area contributed by atoms with E-state index < -0.39 is 17.4 Å². The Morgan fingerprint density at radius 2 is 1.71 bits per heavy atom. The van der Waals surface area contributed by atoms with Crippen molar-refractivity contribution in [1.29, 1.82) is 0 Å². The van der Waals surface area contributed by atoms with Crippen molar-refractivity contribution < 1.29 is 24.2 Å². The molecule has 1 amide bonds. The molecule has 52 heavy (non-hydrogen) atoms. The lowest BCUT2D eigenvalue weighted by Gasteiger charge is -2.74. The highest BCUT2D eigenvalue weighted by atomic mass is 16.5. The van der Waals surface area contributed by atoms with Gasteiger partial charge in [0.2, 0.25) is 0 Å². The maximum Gasteiger partial charge on any atom is 0.330 e. The van der Waals surface area contributed by atoms with Gasteiger partial charge in [0.05, 0.1) is 31.2 Å². The number of ether oxygens (including phenoxy) is 2. The maximum absolute atomic E-state index is 14.3. The molecule has 4 aliphatic carbocycles. The highest BCUT2D eigenvalue weighted by Gasteiger charge is 2.86. The minimum Gasteiger partial charge on any atom is -0.496 e. The first-order chi connectivity index (χ1) is 25.0. The topological polar surface area (TPSA) is 121 Å². The summed E-state index contributed by atoms with van der Waals surface area (Å²) in [6.45, 7) is 8.35. The molecule has 1 spiro atoms. The average molecular weight is 713 g/mol. The number of fused-ring (bicyclic) bond motifs is 1. The average Bonchev–Trinajstić information content (AvgIpc) is 3.82. The standard InChI is InChI=1S/C41H56N6O5/c1-25(2)29-22-28(46(5)18-10-17-45(4)16-9-15-42-3)13-14-31(29)47-32(37-33(51-6)11-8-12-34(37)52-7)23-30(44-47)38(48)43-41(39(49)50)35-20-26-19-27-21-36(41)40(27,35)24-26/h8,11-14,22-23,25-27,35-36,42H,9-10,15-21,24H2,1-7H3,(H,43,48)(H,49,50). The van der Waals surface area contributed by atoms with Gasteiger partial charge in [-0.05, 0) is 149 Å². The number of carboxylic acids is 1. The Labute approximate surface area is 308 Å².